The van der Waals surface area contributed by atoms with Crippen molar-refractivity contribution in [2.45, 2.75) is 39.3 Å². The minimum atomic E-state index is -0.0888. The number of nitrogens with one attached hydrogen (secondary N) is 1. The summed E-state index contributed by atoms with van der Waals surface area (Å²) in [5.41, 5.74) is 9.38. The van der Waals surface area contributed by atoms with Gasteiger partial charge in [-0.2, -0.15) is 5.10 Å². The lowest BCUT2D eigenvalue weighted by Gasteiger charge is -2.21. The zero-order valence-corrected chi connectivity index (χ0v) is 23.5. The van der Waals surface area contributed by atoms with Gasteiger partial charge in [-0.1, -0.05) is 6.07 Å². The molecular weight excluding hydrogens is 516 g/mol. The average molecular weight is 549 g/mol. The van der Waals surface area contributed by atoms with Crippen LogP contribution in [-0.2, 0) is 44.2 Å². The van der Waals surface area contributed by atoms with Gasteiger partial charge in [0.2, 0.25) is 0 Å². The van der Waals surface area contributed by atoms with Crippen molar-refractivity contribution < 1.29 is 14.3 Å². The van der Waals surface area contributed by atoms with Crippen LogP contribution < -0.4 is 10.1 Å². The van der Waals surface area contributed by atoms with Crippen molar-refractivity contribution in [2.24, 2.45) is 7.05 Å². The molecule has 208 valence electrons. The Morgan fingerprint density at radius 2 is 2.02 bits per heavy atom. The molecule has 3 aromatic heterocycles. The highest BCUT2D eigenvalue weighted by molar-refractivity contribution is 6.19. The highest BCUT2D eigenvalue weighted by Crippen LogP contribution is 2.47. The molecule has 0 radical (unpaired) electrons. The van der Waals surface area contributed by atoms with E-state index in [0.29, 0.717) is 25.3 Å². The van der Waals surface area contributed by atoms with Gasteiger partial charge < -0.3 is 19.5 Å². The number of carbonyl (C=O) groups is 2. The summed E-state index contributed by atoms with van der Waals surface area (Å²) in [6.07, 6.45) is 6.16. The first-order valence-corrected chi connectivity index (χ1v) is 14.2. The lowest BCUT2D eigenvalue weighted by molar-refractivity contribution is -0.132. The number of rotatable bonds is 7. The third-order valence-corrected chi connectivity index (χ3v) is 8.45. The summed E-state index contributed by atoms with van der Waals surface area (Å²) in [5, 5.41) is 9.91. The molecule has 9 nitrogen and oxygen atoms in total. The molecule has 1 aliphatic heterocycles. The van der Waals surface area contributed by atoms with Crippen LogP contribution >= 0.6 is 0 Å². The van der Waals surface area contributed by atoms with E-state index in [9.17, 15) is 9.59 Å². The highest BCUT2D eigenvalue weighted by Gasteiger charge is 2.35. The largest absolute Gasteiger partial charge is 0.484 e. The van der Waals surface area contributed by atoms with Crippen LogP contribution in [0.4, 0.5) is 0 Å². The summed E-state index contributed by atoms with van der Waals surface area (Å²) in [6.45, 7) is 3.96. The van der Waals surface area contributed by atoms with Crippen molar-refractivity contribution in [3.63, 3.8) is 0 Å². The second kappa shape index (κ2) is 9.76. The Balaban J connectivity index is 1.26. The van der Waals surface area contributed by atoms with Gasteiger partial charge in [-0.05, 0) is 61.2 Å². The number of pyridine rings is 1. The van der Waals surface area contributed by atoms with Crippen molar-refractivity contribution in [2.75, 3.05) is 20.2 Å². The predicted octanol–water partition coefficient (Wildman–Crippen LogP) is 4.03. The molecule has 0 fully saturated rings. The number of hydrogen-bond donors (Lipinski definition) is 1. The van der Waals surface area contributed by atoms with Gasteiger partial charge in [0, 0.05) is 85.7 Å². The summed E-state index contributed by atoms with van der Waals surface area (Å²) >= 11 is 0. The van der Waals surface area contributed by atoms with E-state index >= 15 is 0 Å². The number of benzene rings is 2. The average Bonchev–Trinajstić information content (AvgIpc) is 3.66. The molecule has 0 atom stereocenters. The first-order chi connectivity index (χ1) is 19.9. The molecule has 0 saturated carbocycles. The Morgan fingerprint density at radius 3 is 2.83 bits per heavy atom. The SMILES string of the molecule is CCn1c2ccc(OCC(=O)N(C)CCc3ccccn3)cc2c2c3c(c4c(c21)CCc1nn(C)cc1-4)C(=O)NC3. The van der Waals surface area contributed by atoms with Gasteiger partial charge >= 0.3 is 0 Å². The van der Waals surface area contributed by atoms with Crippen LogP contribution in [0.15, 0.2) is 48.8 Å². The summed E-state index contributed by atoms with van der Waals surface area (Å²) in [5.74, 6) is 0.519. The van der Waals surface area contributed by atoms with E-state index in [0.717, 1.165) is 69.3 Å². The quantitative estimate of drug-likeness (QED) is 0.332. The van der Waals surface area contributed by atoms with Gasteiger partial charge in [0.25, 0.3) is 11.8 Å². The molecule has 5 aromatic rings. The lowest BCUT2D eigenvalue weighted by atomic mass is 9.82. The first kappa shape index (κ1) is 25.3. The Hall–Kier alpha value is -4.66. The van der Waals surface area contributed by atoms with Crippen LogP contribution in [0.1, 0.15) is 39.8 Å². The van der Waals surface area contributed by atoms with Crippen LogP contribution in [-0.4, -0.2) is 56.2 Å². The standard InChI is InChI=1S/C32H32N6O3/c1-4-38-26-11-8-20(41-18-27(39)36(2)14-12-19-7-5-6-13-33-19)15-22(26)29-23-16-34-32(40)30(23)28-21(31(29)38)9-10-25-24(28)17-37(3)35-25/h5-8,11,13,15,17H,4,9-10,12,14,16,18H2,1-3H3,(H,34,40). The van der Waals surface area contributed by atoms with Crippen molar-refractivity contribution in [1.29, 1.82) is 0 Å². The molecule has 0 spiro atoms. The maximum absolute atomic E-state index is 13.2. The van der Waals surface area contributed by atoms with E-state index in [-0.39, 0.29) is 18.4 Å². The van der Waals surface area contributed by atoms with E-state index in [1.807, 2.05) is 48.3 Å². The maximum Gasteiger partial charge on any atom is 0.260 e. The number of amides is 2. The number of aromatic nitrogens is 4. The Kier molecular flexibility index (Phi) is 6.03. The molecule has 41 heavy (non-hydrogen) atoms. The fourth-order valence-electron chi connectivity index (χ4n) is 6.52. The topological polar surface area (TPSA) is 94.3 Å². The number of carbonyl (C=O) groups excluding carboxylic acids is 2. The molecule has 2 aromatic carbocycles. The highest BCUT2D eigenvalue weighted by atomic mass is 16.5. The molecule has 1 aliphatic carbocycles. The van der Waals surface area contributed by atoms with E-state index in [1.54, 1.807) is 18.1 Å². The summed E-state index contributed by atoms with van der Waals surface area (Å²) in [4.78, 5) is 32.1. The van der Waals surface area contributed by atoms with Crippen LogP contribution in [0.2, 0.25) is 0 Å². The fourth-order valence-corrected chi connectivity index (χ4v) is 6.52. The minimum Gasteiger partial charge on any atom is -0.484 e. The maximum atomic E-state index is 13.2. The normalized spacial score (nSPS) is 13.7. The zero-order chi connectivity index (χ0) is 28.2. The second-order valence-electron chi connectivity index (χ2n) is 10.9. The number of ether oxygens (including phenoxy) is 1. The molecule has 0 unspecified atom stereocenters. The molecule has 1 N–H and O–H groups in total. The lowest BCUT2D eigenvalue weighted by Crippen LogP contribution is -2.33. The van der Waals surface area contributed by atoms with Gasteiger partial charge in [0.1, 0.15) is 5.75 Å². The molecule has 2 aliphatic rings. The van der Waals surface area contributed by atoms with Crippen molar-refractivity contribution >= 4 is 33.6 Å². The molecular formula is C32H32N6O3. The van der Waals surface area contributed by atoms with Gasteiger partial charge in [0.15, 0.2) is 6.61 Å². The Labute approximate surface area is 237 Å². The molecule has 0 bridgehead atoms. The van der Waals surface area contributed by atoms with Crippen LogP contribution in [0.5, 0.6) is 5.75 Å². The zero-order valence-electron chi connectivity index (χ0n) is 23.5. The van der Waals surface area contributed by atoms with Crippen molar-refractivity contribution in [1.82, 2.24) is 29.5 Å². The minimum absolute atomic E-state index is 0.0287. The van der Waals surface area contributed by atoms with Crippen LogP contribution in [0.25, 0.3) is 32.9 Å². The van der Waals surface area contributed by atoms with E-state index in [1.165, 1.54) is 11.1 Å². The Bertz CT molecular complexity index is 1850. The van der Waals surface area contributed by atoms with Crippen LogP contribution in [0, 0.1) is 0 Å². The summed E-state index contributed by atoms with van der Waals surface area (Å²) in [7, 11) is 3.72. The molecule has 2 amide bonds. The molecule has 4 heterocycles. The fraction of sp³-hybridized carbons (Fsp3) is 0.312. The van der Waals surface area contributed by atoms with Gasteiger partial charge in [0.05, 0.1) is 16.8 Å². The number of nitrogens with zero attached hydrogens (tertiary/aromatic N) is 5. The number of fused-ring (bicyclic) bond motifs is 10. The van der Waals surface area contributed by atoms with Gasteiger partial charge in [-0.15, -0.1) is 0 Å². The van der Waals surface area contributed by atoms with Crippen molar-refractivity contribution in [3.8, 4) is 16.9 Å². The van der Waals surface area contributed by atoms with Gasteiger partial charge in [-0.3, -0.25) is 19.3 Å². The van der Waals surface area contributed by atoms with Gasteiger partial charge in [-0.25, -0.2) is 0 Å². The van der Waals surface area contributed by atoms with E-state index in [4.69, 9.17) is 4.74 Å². The smallest absolute Gasteiger partial charge is 0.260 e. The summed E-state index contributed by atoms with van der Waals surface area (Å²) in [6, 6.07) is 11.8. The third kappa shape index (κ3) is 4.06. The number of likely N-dealkylation sites (N-methyl/N-ethyl adjacent to an activating group) is 1. The third-order valence-electron chi connectivity index (χ3n) is 8.45. The van der Waals surface area contributed by atoms with E-state index < -0.39 is 0 Å². The number of hydrogen-bond acceptors (Lipinski definition) is 5. The van der Waals surface area contributed by atoms with E-state index in [2.05, 4.69) is 33.0 Å². The Morgan fingerprint density at radius 1 is 1.15 bits per heavy atom. The van der Waals surface area contributed by atoms with Crippen molar-refractivity contribution in [3.05, 3.63) is 76.9 Å². The molecule has 7 rings (SSSR count). The molecule has 0 saturated heterocycles. The monoisotopic (exact) mass is 548 g/mol. The summed E-state index contributed by atoms with van der Waals surface area (Å²) < 4.78 is 10.2. The second-order valence-corrected chi connectivity index (χ2v) is 10.9. The first-order valence-electron chi connectivity index (χ1n) is 14.2. The number of aryl methyl sites for hydroxylation is 4. The molecule has 9 heteroatoms. The van der Waals surface area contributed by atoms with Crippen LogP contribution in [0.3, 0.4) is 0 Å². The predicted molar refractivity (Wildman–Crippen MR) is 157 cm³/mol.